The van der Waals surface area contributed by atoms with Crippen LogP contribution in [-0.2, 0) is 34.0 Å². The number of likely N-dealkylation sites (tertiary alicyclic amines) is 1. The Morgan fingerprint density at radius 3 is 2.35 bits per heavy atom. The molecule has 2 aromatic rings. The lowest BCUT2D eigenvalue weighted by Gasteiger charge is -2.33. The molecule has 6 nitrogen and oxygen atoms in total. The molecule has 1 saturated heterocycles. The third-order valence-electron chi connectivity index (χ3n) is 5.36. The first kappa shape index (κ1) is 25.1. The summed E-state index contributed by atoms with van der Waals surface area (Å²) >= 11 is 0. The molecule has 1 aliphatic heterocycles. The van der Waals surface area contributed by atoms with Crippen molar-refractivity contribution in [2.45, 2.75) is 32.6 Å². The number of benzene rings is 2. The van der Waals surface area contributed by atoms with Gasteiger partial charge in [-0.1, -0.05) is 54.6 Å². The second kappa shape index (κ2) is 13.3. The first-order chi connectivity index (χ1) is 14.7. The monoisotopic (exact) mass is 537 g/mol. The van der Waals surface area contributed by atoms with Crippen molar-refractivity contribution in [2.24, 2.45) is 10.9 Å². The molecular weight excluding hydrogens is 505 g/mol. The molecule has 1 N–H and O–H groups in total. The number of nitrogens with one attached hydrogen (secondary N) is 1. The van der Waals surface area contributed by atoms with Crippen LogP contribution < -0.4 is 5.32 Å². The van der Waals surface area contributed by atoms with Crippen LogP contribution in [-0.4, -0.2) is 44.1 Å². The normalized spacial score (nSPS) is 14.6. The Morgan fingerprint density at radius 1 is 1.03 bits per heavy atom. The molecule has 0 aliphatic carbocycles. The third-order valence-corrected chi connectivity index (χ3v) is 5.36. The number of hydrogen-bond donors (Lipinski definition) is 1. The second-order valence-electron chi connectivity index (χ2n) is 7.48. The number of carbonyl (C=O) groups is 1. The molecule has 0 aromatic heterocycles. The van der Waals surface area contributed by atoms with E-state index in [2.05, 4.69) is 51.6 Å². The van der Waals surface area contributed by atoms with Crippen LogP contribution in [0.25, 0.3) is 0 Å². The lowest BCUT2D eigenvalue weighted by molar-refractivity contribution is -0.146. The Labute approximate surface area is 202 Å². The highest BCUT2D eigenvalue weighted by atomic mass is 127. The summed E-state index contributed by atoms with van der Waals surface area (Å²) in [6.07, 6.45) is 1.59. The molecule has 0 bridgehead atoms. The zero-order valence-corrected chi connectivity index (χ0v) is 20.6. The fourth-order valence-electron chi connectivity index (χ4n) is 3.70. The molecule has 0 amide bonds. The van der Waals surface area contributed by atoms with Crippen LogP contribution in [0.1, 0.15) is 29.5 Å². The van der Waals surface area contributed by atoms with E-state index in [9.17, 15) is 4.79 Å². The van der Waals surface area contributed by atoms with E-state index in [1.165, 1.54) is 18.2 Å². The minimum Gasteiger partial charge on any atom is -0.469 e. The van der Waals surface area contributed by atoms with Crippen molar-refractivity contribution < 1.29 is 14.3 Å². The summed E-state index contributed by atoms with van der Waals surface area (Å²) in [5, 5.41) is 3.44. The Balaban J connectivity index is 0.00000341. The van der Waals surface area contributed by atoms with Gasteiger partial charge in [0.2, 0.25) is 0 Å². The van der Waals surface area contributed by atoms with Crippen LogP contribution in [0.2, 0.25) is 0 Å². The molecule has 0 radical (unpaired) electrons. The largest absolute Gasteiger partial charge is 0.469 e. The van der Waals surface area contributed by atoms with Crippen LogP contribution in [0.15, 0.2) is 59.6 Å². The van der Waals surface area contributed by atoms with Gasteiger partial charge < -0.3 is 19.7 Å². The van der Waals surface area contributed by atoms with Gasteiger partial charge in [-0.15, -0.1) is 24.0 Å². The molecule has 2 aromatic carbocycles. The molecule has 1 aliphatic rings. The lowest BCUT2D eigenvalue weighted by atomic mass is 9.97. The molecule has 0 spiro atoms. The van der Waals surface area contributed by atoms with Crippen molar-refractivity contribution in [3.63, 3.8) is 0 Å². The van der Waals surface area contributed by atoms with E-state index in [4.69, 9.17) is 9.47 Å². The van der Waals surface area contributed by atoms with Gasteiger partial charge in [-0.2, -0.15) is 0 Å². The van der Waals surface area contributed by atoms with Gasteiger partial charge >= 0.3 is 5.97 Å². The van der Waals surface area contributed by atoms with Crippen molar-refractivity contribution >= 4 is 35.9 Å². The number of methoxy groups -OCH3 is 1. The first-order valence-corrected chi connectivity index (χ1v) is 10.4. The average molecular weight is 537 g/mol. The van der Waals surface area contributed by atoms with Gasteiger partial charge in [0.25, 0.3) is 0 Å². The quantitative estimate of drug-likeness (QED) is 0.251. The van der Waals surface area contributed by atoms with Gasteiger partial charge in [0, 0.05) is 26.7 Å². The molecular formula is C24H32IN3O3. The van der Waals surface area contributed by atoms with Gasteiger partial charge in [-0.05, 0) is 29.5 Å². The topological polar surface area (TPSA) is 63.2 Å². The Hall–Kier alpha value is -2.13. The number of ether oxygens (including phenoxy) is 2. The van der Waals surface area contributed by atoms with Crippen LogP contribution in [0.5, 0.6) is 0 Å². The van der Waals surface area contributed by atoms with Gasteiger partial charge in [0.1, 0.15) is 0 Å². The predicted octanol–water partition coefficient (Wildman–Crippen LogP) is 3.98. The molecule has 3 rings (SSSR count). The smallest absolute Gasteiger partial charge is 0.308 e. The highest BCUT2D eigenvalue weighted by Gasteiger charge is 2.26. The summed E-state index contributed by atoms with van der Waals surface area (Å²) in [4.78, 5) is 18.3. The number of aliphatic imine (C=N–C) groups is 1. The molecule has 1 heterocycles. The maximum absolute atomic E-state index is 11.7. The molecule has 0 saturated carbocycles. The van der Waals surface area contributed by atoms with E-state index in [-0.39, 0.29) is 35.9 Å². The summed E-state index contributed by atoms with van der Waals surface area (Å²) in [6.45, 7) is 3.48. The summed E-state index contributed by atoms with van der Waals surface area (Å²) in [5.41, 5.74) is 3.51. The van der Waals surface area contributed by atoms with E-state index >= 15 is 0 Å². The van der Waals surface area contributed by atoms with Gasteiger partial charge in [-0.3, -0.25) is 9.79 Å². The van der Waals surface area contributed by atoms with Crippen molar-refractivity contribution in [1.29, 1.82) is 0 Å². The van der Waals surface area contributed by atoms with E-state index in [0.717, 1.165) is 37.5 Å². The van der Waals surface area contributed by atoms with Crippen molar-refractivity contribution in [3.8, 4) is 0 Å². The van der Waals surface area contributed by atoms with Crippen LogP contribution in [0, 0.1) is 5.92 Å². The Kier molecular flexibility index (Phi) is 10.8. The number of halogens is 1. The van der Waals surface area contributed by atoms with Crippen molar-refractivity contribution in [1.82, 2.24) is 10.2 Å². The first-order valence-electron chi connectivity index (χ1n) is 10.4. The van der Waals surface area contributed by atoms with E-state index in [0.29, 0.717) is 19.8 Å². The number of guanidine groups is 1. The Bertz CT molecular complexity index is 837. The van der Waals surface area contributed by atoms with Gasteiger partial charge in [0.05, 0.1) is 26.2 Å². The lowest BCUT2D eigenvalue weighted by Crippen LogP contribution is -2.46. The number of hydrogen-bond acceptors (Lipinski definition) is 4. The summed E-state index contributed by atoms with van der Waals surface area (Å²) in [5.74, 6) is 0.755. The second-order valence-corrected chi connectivity index (χ2v) is 7.48. The molecule has 0 atom stereocenters. The van der Waals surface area contributed by atoms with Crippen molar-refractivity contribution in [3.05, 3.63) is 71.3 Å². The van der Waals surface area contributed by atoms with Crippen molar-refractivity contribution in [2.75, 3.05) is 27.2 Å². The van der Waals surface area contributed by atoms with Gasteiger partial charge in [-0.25, -0.2) is 0 Å². The predicted molar refractivity (Wildman–Crippen MR) is 133 cm³/mol. The number of nitrogens with zero attached hydrogens (tertiary/aromatic N) is 2. The zero-order valence-electron chi connectivity index (χ0n) is 18.3. The van der Waals surface area contributed by atoms with E-state index < -0.39 is 0 Å². The maximum Gasteiger partial charge on any atom is 0.308 e. The standard InChI is InChI=1S/C24H31N3O3.HI/c1-25-24(27-13-11-22(12-14-27)23(28)29-2)26-16-20-9-6-10-21(15-20)18-30-17-19-7-4-3-5-8-19;/h3-10,15,22H,11-14,16-18H2,1-2H3,(H,25,26);1H. The number of carbonyl (C=O) groups excluding carboxylic acids is 1. The zero-order chi connectivity index (χ0) is 21.2. The number of rotatable bonds is 7. The SMILES string of the molecule is CN=C(NCc1cccc(COCc2ccccc2)c1)N1CCC(C(=O)OC)CC1.I. The highest BCUT2D eigenvalue weighted by Crippen LogP contribution is 2.18. The molecule has 0 unspecified atom stereocenters. The summed E-state index contributed by atoms with van der Waals surface area (Å²) in [6, 6.07) is 18.6. The molecule has 31 heavy (non-hydrogen) atoms. The highest BCUT2D eigenvalue weighted by molar-refractivity contribution is 14.0. The number of esters is 1. The van der Waals surface area contributed by atoms with Crippen LogP contribution in [0.4, 0.5) is 0 Å². The number of piperidine rings is 1. The third kappa shape index (κ3) is 7.81. The molecule has 1 fully saturated rings. The van der Waals surface area contributed by atoms with Crippen LogP contribution in [0.3, 0.4) is 0 Å². The minimum atomic E-state index is -0.108. The summed E-state index contributed by atoms with van der Waals surface area (Å²) < 4.78 is 10.7. The Morgan fingerprint density at radius 2 is 1.68 bits per heavy atom. The fourth-order valence-corrected chi connectivity index (χ4v) is 3.70. The average Bonchev–Trinajstić information content (AvgIpc) is 2.80. The van der Waals surface area contributed by atoms with Gasteiger partial charge in [0.15, 0.2) is 5.96 Å². The van der Waals surface area contributed by atoms with Crippen LogP contribution >= 0.6 is 24.0 Å². The molecule has 7 heteroatoms. The summed E-state index contributed by atoms with van der Waals surface area (Å²) in [7, 11) is 3.25. The minimum absolute atomic E-state index is 0. The van der Waals surface area contributed by atoms with E-state index in [1.807, 2.05) is 18.2 Å². The fraction of sp³-hybridized carbons (Fsp3) is 0.417. The maximum atomic E-state index is 11.7. The van der Waals surface area contributed by atoms with E-state index in [1.54, 1.807) is 7.05 Å². The molecule has 168 valence electrons.